The first kappa shape index (κ1) is 20.2. The summed E-state index contributed by atoms with van der Waals surface area (Å²) in [5, 5.41) is 21.1. The number of nitro benzene ring substituents is 2. The van der Waals surface area contributed by atoms with Crippen LogP contribution in [0.2, 0.25) is 0 Å². The molecule has 0 saturated heterocycles. The van der Waals surface area contributed by atoms with Gasteiger partial charge in [-0.1, -0.05) is 12.2 Å². The molecular formula is C18H14N2O8. The minimum Gasteiger partial charge on any atom is -0.426 e. The molecule has 0 spiro atoms. The first-order chi connectivity index (χ1) is 13.3. The molecule has 0 aliphatic rings. The van der Waals surface area contributed by atoms with Gasteiger partial charge < -0.3 is 9.47 Å². The fourth-order valence-corrected chi connectivity index (χ4v) is 1.98. The molecule has 0 fully saturated rings. The second-order valence-corrected chi connectivity index (χ2v) is 5.33. The molecule has 0 amide bonds. The van der Waals surface area contributed by atoms with Gasteiger partial charge in [-0.05, 0) is 24.3 Å². The maximum absolute atomic E-state index is 11.7. The fraction of sp³-hybridized carbons (Fsp3) is 0.111. The molecule has 0 aromatic heterocycles. The molecular weight excluding hydrogens is 372 g/mol. The zero-order valence-electron chi connectivity index (χ0n) is 14.3. The average molecular weight is 386 g/mol. The van der Waals surface area contributed by atoms with Gasteiger partial charge in [-0.2, -0.15) is 0 Å². The van der Waals surface area contributed by atoms with Crippen molar-refractivity contribution in [1.82, 2.24) is 0 Å². The van der Waals surface area contributed by atoms with Gasteiger partial charge in [0.15, 0.2) is 0 Å². The molecule has 0 heterocycles. The van der Waals surface area contributed by atoms with E-state index in [1.54, 1.807) is 0 Å². The fourth-order valence-electron chi connectivity index (χ4n) is 1.98. The summed E-state index contributed by atoms with van der Waals surface area (Å²) in [7, 11) is 0. The van der Waals surface area contributed by atoms with Gasteiger partial charge in [-0.3, -0.25) is 29.8 Å². The van der Waals surface area contributed by atoms with Crippen molar-refractivity contribution in [3.63, 3.8) is 0 Å². The number of non-ortho nitro benzene ring substituents is 2. The highest BCUT2D eigenvalue weighted by atomic mass is 16.6. The number of ether oxygens (including phenoxy) is 2. The minimum absolute atomic E-state index is 0.109. The Morgan fingerprint density at radius 3 is 1.32 bits per heavy atom. The van der Waals surface area contributed by atoms with E-state index >= 15 is 0 Å². The Bertz CT molecular complexity index is 829. The topological polar surface area (TPSA) is 139 Å². The van der Waals surface area contributed by atoms with E-state index in [1.165, 1.54) is 60.7 Å². The summed E-state index contributed by atoms with van der Waals surface area (Å²) in [5.74, 6) is -0.870. The predicted molar refractivity (Wildman–Crippen MR) is 95.8 cm³/mol. The highest BCUT2D eigenvalue weighted by molar-refractivity contribution is 5.76. The van der Waals surface area contributed by atoms with Gasteiger partial charge in [0.2, 0.25) is 0 Å². The Morgan fingerprint density at radius 2 is 1.04 bits per heavy atom. The molecule has 0 unspecified atom stereocenters. The summed E-state index contributed by atoms with van der Waals surface area (Å²) in [4.78, 5) is 43.3. The lowest BCUT2D eigenvalue weighted by Crippen LogP contribution is -2.07. The van der Waals surface area contributed by atoms with Crippen molar-refractivity contribution in [2.75, 3.05) is 0 Å². The van der Waals surface area contributed by atoms with Crippen molar-refractivity contribution in [1.29, 1.82) is 0 Å². The number of esters is 2. The van der Waals surface area contributed by atoms with E-state index in [4.69, 9.17) is 9.47 Å². The standard InChI is InChI=1S/C18H14N2O8/c21-17(27-15-9-5-13(6-10-15)19(23)24)3-1-2-4-18(22)28-16-11-7-14(8-12-16)20(25)26/h1-2,5-12H,3-4H2/b2-1+. The van der Waals surface area contributed by atoms with Crippen LogP contribution in [0.25, 0.3) is 0 Å². The highest BCUT2D eigenvalue weighted by Crippen LogP contribution is 2.18. The maximum atomic E-state index is 11.7. The van der Waals surface area contributed by atoms with Crippen molar-refractivity contribution in [2.45, 2.75) is 12.8 Å². The summed E-state index contributed by atoms with van der Waals surface area (Å²) < 4.78 is 10.00. The van der Waals surface area contributed by atoms with Crippen LogP contribution in [0.4, 0.5) is 11.4 Å². The summed E-state index contributed by atoms with van der Waals surface area (Å²) in [6.45, 7) is 0. The number of nitro groups is 2. The van der Waals surface area contributed by atoms with Gasteiger partial charge in [-0.25, -0.2) is 0 Å². The van der Waals surface area contributed by atoms with Crippen LogP contribution in [-0.4, -0.2) is 21.8 Å². The Labute approximate surface area is 158 Å². The lowest BCUT2D eigenvalue weighted by Gasteiger charge is -2.02. The van der Waals surface area contributed by atoms with E-state index in [9.17, 15) is 29.8 Å². The van der Waals surface area contributed by atoms with Crippen molar-refractivity contribution in [3.8, 4) is 11.5 Å². The monoisotopic (exact) mass is 386 g/mol. The van der Waals surface area contributed by atoms with Crippen LogP contribution < -0.4 is 9.47 Å². The van der Waals surface area contributed by atoms with Crippen LogP contribution in [-0.2, 0) is 9.59 Å². The lowest BCUT2D eigenvalue weighted by atomic mass is 10.3. The Balaban J connectivity index is 1.74. The van der Waals surface area contributed by atoms with Gasteiger partial charge in [0.1, 0.15) is 11.5 Å². The maximum Gasteiger partial charge on any atom is 0.315 e. The van der Waals surface area contributed by atoms with Gasteiger partial charge in [0.25, 0.3) is 11.4 Å². The molecule has 0 radical (unpaired) electrons. The SMILES string of the molecule is O=C(C/C=C/CC(=O)Oc1ccc([N+](=O)[O-])cc1)Oc1ccc([N+](=O)[O-])cc1. The second kappa shape index (κ2) is 9.57. The number of rotatable bonds is 8. The van der Waals surface area contributed by atoms with E-state index in [0.29, 0.717) is 0 Å². The average Bonchev–Trinajstić information content (AvgIpc) is 2.66. The third-order valence-corrected chi connectivity index (χ3v) is 3.29. The summed E-state index contributed by atoms with van der Waals surface area (Å²) >= 11 is 0. The van der Waals surface area contributed by atoms with Crippen LogP contribution in [0.3, 0.4) is 0 Å². The number of hydrogen-bond acceptors (Lipinski definition) is 8. The highest BCUT2D eigenvalue weighted by Gasteiger charge is 2.09. The Morgan fingerprint density at radius 1 is 0.714 bits per heavy atom. The van der Waals surface area contributed by atoms with Crippen LogP contribution in [0, 0.1) is 20.2 Å². The molecule has 0 bridgehead atoms. The van der Waals surface area contributed by atoms with Crippen LogP contribution in [0.15, 0.2) is 60.7 Å². The molecule has 0 saturated carbocycles. The smallest absolute Gasteiger partial charge is 0.315 e. The number of carbonyl (C=O) groups is 2. The Kier molecular flexibility index (Phi) is 6.92. The van der Waals surface area contributed by atoms with Crippen LogP contribution in [0.5, 0.6) is 11.5 Å². The second-order valence-electron chi connectivity index (χ2n) is 5.33. The summed E-state index contributed by atoms with van der Waals surface area (Å²) in [6, 6.07) is 10.1. The zero-order valence-corrected chi connectivity index (χ0v) is 14.3. The number of benzene rings is 2. The normalized spacial score (nSPS) is 10.4. The van der Waals surface area contributed by atoms with E-state index in [-0.39, 0.29) is 35.7 Å². The van der Waals surface area contributed by atoms with E-state index in [1.807, 2.05) is 0 Å². The third kappa shape index (κ3) is 6.33. The molecule has 0 aliphatic carbocycles. The van der Waals surface area contributed by atoms with Crippen LogP contribution in [0.1, 0.15) is 12.8 Å². The minimum atomic E-state index is -0.603. The first-order valence-corrected chi connectivity index (χ1v) is 7.90. The third-order valence-electron chi connectivity index (χ3n) is 3.29. The van der Waals surface area contributed by atoms with E-state index in [0.717, 1.165) is 0 Å². The van der Waals surface area contributed by atoms with Crippen molar-refractivity contribution < 1.29 is 28.9 Å². The van der Waals surface area contributed by atoms with Crippen molar-refractivity contribution in [2.24, 2.45) is 0 Å². The molecule has 10 heteroatoms. The van der Waals surface area contributed by atoms with E-state index in [2.05, 4.69) is 0 Å². The molecule has 0 N–H and O–H groups in total. The van der Waals surface area contributed by atoms with Crippen molar-refractivity contribution >= 4 is 23.3 Å². The van der Waals surface area contributed by atoms with Gasteiger partial charge in [-0.15, -0.1) is 0 Å². The number of nitrogens with zero attached hydrogens (tertiary/aromatic N) is 2. The summed E-state index contributed by atoms with van der Waals surface area (Å²) in [5.41, 5.74) is -0.238. The van der Waals surface area contributed by atoms with Gasteiger partial charge in [0.05, 0.1) is 22.7 Å². The number of carbonyl (C=O) groups excluding carboxylic acids is 2. The zero-order chi connectivity index (χ0) is 20.5. The molecule has 2 aromatic carbocycles. The molecule has 0 aliphatic heterocycles. The van der Waals surface area contributed by atoms with Crippen LogP contribution >= 0.6 is 0 Å². The first-order valence-electron chi connectivity index (χ1n) is 7.90. The molecule has 10 nitrogen and oxygen atoms in total. The summed E-state index contributed by atoms with van der Waals surface area (Å²) in [6.07, 6.45) is 2.62. The van der Waals surface area contributed by atoms with Crippen molar-refractivity contribution in [3.05, 3.63) is 80.9 Å². The molecule has 2 aromatic rings. The Hall–Kier alpha value is -4.08. The van der Waals surface area contributed by atoms with Gasteiger partial charge in [0, 0.05) is 24.3 Å². The molecule has 2 rings (SSSR count). The quantitative estimate of drug-likeness (QED) is 0.221. The largest absolute Gasteiger partial charge is 0.426 e. The van der Waals surface area contributed by atoms with E-state index < -0.39 is 21.8 Å². The molecule has 28 heavy (non-hydrogen) atoms. The molecule has 0 atom stereocenters. The number of hydrogen-bond donors (Lipinski definition) is 0. The van der Waals surface area contributed by atoms with Gasteiger partial charge >= 0.3 is 11.9 Å². The molecule has 144 valence electrons. The predicted octanol–water partition coefficient (Wildman–Crippen LogP) is 3.35. The lowest BCUT2D eigenvalue weighted by molar-refractivity contribution is -0.385.